The lowest BCUT2D eigenvalue weighted by atomic mass is 9.94. The summed E-state index contributed by atoms with van der Waals surface area (Å²) in [5, 5.41) is 3.09. The molecular formula is C23H44N4O3S. The van der Waals surface area contributed by atoms with Crippen molar-refractivity contribution in [2.45, 2.75) is 78.2 Å². The number of amides is 1. The molecule has 0 unspecified atom stereocenters. The minimum Gasteiger partial charge on any atom is -0.356 e. The lowest BCUT2D eigenvalue weighted by Crippen LogP contribution is -2.53. The van der Waals surface area contributed by atoms with Crippen LogP contribution in [0.2, 0.25) is 0 Å². The minimum absolute atomic E-state index is 0.0194. The normalized spacial score (nSPS) is 32.1. The highest BCUT2D eigenvalue weighted by Crippen LogP contribution is 2.27. The van der Waals surface area contributed by atoms with Gasteiger partial charge in [-0.2, -0.15) is 17.0 Å². The molecule has 180 valence electrons. The maximum atomic E-state index is 13.2. The van der Waals surface area contributed by atoms with Gasteiger partial charge in [0.25, 0.3) is 10.2 Å². The molecule has 0 spiro atoms. The van der Waals surface area contributed by atoms with E-state index < -0.39 is 10.2 Å². The third kappa shape index (κ3) is 6.65. The van der Waals surface area contributed by atoms with Crippen LogP contribution >= 0.6 is 0 Å². The van der Waals surface area contributed by atoms with Gasteiger partial charge >= 0.3 is 0 Å². The quantitative estimate of drug-likeness (QED) is 0.570. The van der Waals surface area contributed by atoms with E-state index in [1.165, 1.54) is 32.2 Å². The third-order valence-electron chi connectivity index (χ3n) is 7.38. The second kappa shape index (κ2) is 11.4. The molecule has 0 radical (unpaired) electrons. The van der Waals surface area contributed by atoms with E-state index in [9.17, 15) is 13.2 Å². The first-order valence-electron chi connectivity index (χ1n) is 12.6. The molecule has 0 saturated carbocycles. The number of carbonyl (C=O) groups excluding carboxylic acids is 1. The molecule has 0 aliphatic carbocycles. The van der Waals surface area contributed by atoms with E-state index >= 15 is 0 Å². The zero-order chi connectivity index (χ0) is 22.4. The van der Waals surface area contributed by atoms with Gasteiger partial charge in [0.2, 0.25) is 5.91 Å². The summed E-state index contributed by atoms with van der Waals surface area (Å²) < 4.78 is 29.6. The molecule has 1 amide bonds. The fourth-order valence-corrected chi connectivity index (χ4v) is 7.72. The van der Waals surface area contributed by atoms with Gasteiger partial charge in [-0.25, -0.2) is 0 Å². The van der Waals surface area contributed by atoms with E-state index in [0.29, 0.717) is 50.6 Å². The first-order valence-corrected chi connectivity index (χ1v) is 14.0. The Morgan fingerprint density at radius 3 is 2.42 bits per heavy atom. The number of piperidine rings is 3. The number of nitrogens with one attached hydrogen (secondary N) is 1. The summed E-state index contributed by atoms with van der Waals surface area (Å²) in [4.78, 5) is 15.3. The fourth-order valence-electron chi connectivity index (χ4n) is 5.78. The average Bonchev–Trinajstić information content (AvgIpc) is 2.76. The summed E-state index contributed by atoms with van der Waals surface area (Å²) in [6.07, 6.45) is 8.67. The van der Waals surface area contributed by atoms with Crippen molar-refractivity contribution >= 4 is 16.1 Å². The minimum atomic E-state index is -3.49. The Balaban J connectivity index is 1.45. The van der Waals surface area contributed by atoms with Gasteiger partial charge in [-0.05, 0) is 63.3 Å². The van der Waals surface area contributed by atoms with Crippen LogP contribution in [0.15, 0.2) is 0 Å². The van der Waals surface area contributed by atoms with Crippen LogP contribution in [0.3, 0.4) is 0 Å². The molecule has 31 heavy (non-hydrogen) atoms. The molecule has 0 bridgehead atoms. The van der Waals surface area contributed by atoms with Crippen molar-refractivity contribution in [1.29, 1.82) is 0 Å². The summed E-state index contributed by atoms with van der Waals surface area (Å²) in [5.74, 6) is 0.553. The zero-order valence-electron chi connectivity index (χ0n) is 19.9. The van der Waals surface area contributed by atoms with E-state index in [0.717, 1.165) is 32.2 Å². The van der Waals surface area contributed by atoms with Crippen molar-refractivity contribution in [3.63, 3.8) is 0 Å². The van der Waals surface area contributed by atoms with Crippen molar-refractivity contribution in [3.8, 4) is 0 Å². The van der Waals surface area contributed by atoms with Crippen LogP contribution < -0.4 is 5.32 Å². The molecule has 0 aromatic rings. The Morgan fingerprint density at radius 1 is 0.968 bits per heavy atom. The van der Waals surface area contributed by atoms with E-state index in [1.807, 2.05) is 0 Å². The molecule has 0 aromatic heterocycles. The van der Waals surface area contributed by atoms with Gasteiger partial charge in [-0.3, -0.25) is 4.79 Å². The van der Waals surface area contributed by atoms with Crippen molar-refractivity contribution < 1.29 is 13.2 Å². The molecule has 1 N–H and O–H groups in total. The number of hydrogen-bond acceptors (Lipinski definition) is 4. The second-order valence-electron chi connectivity index (χ2n) is 10.2. The Morgan fingerprint density at radius 2 is 1.71 bits per heavy atom. The first kappa shape index (κ1) is 24.9. The summed E-state index contributed by atoms with van der Waals surface area (Å²) in [6.45, 7) is 11.4. The highest BCUT2D eigenvalue weighted by molar-refractivity contribution is 7.86. The predicted molar refractivity (Wildman–Crippen MR) is 125 cm³/mol. The topological polar surface area (TPSA) is 73.0 Å². The van der Waals surface area contributed by atoms with Crippen LogP contribution in [0, 0.1) is 17.8 Å². The molecule has 3 aliphatic rings. The highest BCUT2D eigenvalue weighted by atomic mass is 32.2. The maximum Gasteiger partial charge on any atom is 0.282 e. The zero-order valence-corrected chi connectivity index (χ0v) is 20.7. The molecule has 3 rings (SSSR count). The maximum absolute atomic E-state index is 13.2. The highest BCUT2D eigenvalue weighted by Gasteiger charge is 2.38. The number of likely N-dealkylation sites (tertiary alicyclic amines) is 1. The van der Waals surface area contributed by atoms with Gasteiger partial charge in [0.1, 0.15) is 0 Å². The van der Waals surface area contributed by atoms with Gasteiger partial charge in [0.05, 0.1) is 5.92 Å². The molecular weight excluding hydrogens is 412 g/mol. The first-order chi connectivity index (χ1) is 14.8. The van der Waals surface area contributed by atoms with Gasteiger partial charge in [-0.1, -0.05) is 27.2 Å². The molecule has 4 atom stereocenters. The van der Waals surface area contributed by atoms with Crippen molar-refractivity contribution in [2.24, 2.45) is 17.8 Å². The van der Waals surface area contributed by atoms with Gasteiger partial charge in [0, 0.05) is 45.3 Å². The lowest BCUT2D eigenvalue weighted by molar-refractivity contribution is -0.126. The van der Waals surface area contributed by atoms with Crippen LogP contribution in [0.5, 0.6) is 0 Å². The van der Waals surface area contributed by atoms with Crippen LogP contribution in [-0.2, 0) is 15.0 Å². The Labute approximate surface area is 190 Å². The van der Waals surface area contributed by atoms with Crippen molar-refractivity contribution in [3.05, 3.63) is 0 Å². The van der Waals surface area contributed by atoms with E-state index in [-0.39, 0.29) is 11.8 Å². The number of rotatable bonds is 8. The summed E-state index contributed by atoms with van der Waals surface area (Å²) in [7, 11) is -3.49. The average molecular weight is 457 g/mol. The van der Waals surface area contributed by atoms with Crippen molar-refractivity contribution in [2.75, 3.05) is 45.8 Å². The molecule has 3 aliphatic heterocycles. The number of carbonyl (C=O) groups is 1. The lowest BCUT2D eigenvalue weighted by Gasteiger charge is -2.39. The molecule has 3 fully saturated rings. The van der Waals surface area contributed by atoms with Crippen LogP contribution in [0.4, 0.5) is 0 Å². The summed E-state index contributed by atoms with van der Waals surface area (Å²) in [6, 6.07) is 0.696. The predicted octanol–water partition coefficient (Wildman–Crippen LogP) is 2.69. The van der Waals surface area contributed by atoms with Crippen LogP contribution in [0.25, 0.3) is 0 Å². The fraction of sp³-hybridized carbons (Fsp3) is 0.957. The van der Waals surface area contributed by atoms with E-state index in [4.69, 9.17) is 0 Å². The smallest absolute Gasteiger partial charge is 0.282 e. The summed E-state index contributed by atoms with van der Waals surface area (Å²) in [5.41, 5.74) is 0. The second-order valence-corrected chi connectivity index (χ2v) is 12.1. The van der Waals surface area contributed by atoms with E-state index in [1.54, 1.807) is 8.61 Å². The van der Waals surface area contributed by atoms with Crippen LogP contribution in [-0.4, -0.2) is 79.7 Å². The van der Waals surface area contributed by atoms with Crippen LogP contribution in [0.1, 0.15) is 72.1 Å². The molecule has 7 nitrogen and oxygen atoms in total. The summed E-state index contributed by atoms with van der Waals surface area (Å²) >= 11 is 0. The largest absolute Gasteiger partial charge is 0.356 e. The van der Waals surface area contributed by atoms with E-state index in [2.05, 4.69) is 31.0 Å². The van der Waals surface area contributed by atoms with Crippen molar-refractivity contribution in [1.82, 2.24) is 18.8 Å². The standard InChI is InChI=1S/C23H44N4O3S/c1-4-22-10-5-6-12-25(22)13-8-11-24-23(28)21-9-7-14-26(18-21)31(29,30)27-16-19(2)15-20(3)17-27/h19-22H,4-18H2,1-3H3,(H,24,28)/t19-,20-,21+,22+/m0/s1. The molecule has 0 aromatic carbocycles. The SMILES string of the molecule is CC[C@@H]1CCCCN1CCCNC(=O)[C@@H]1CCCN(S(=O)(=O)N2C[C@@H](C)C[C@H](C)C2)C1. The molecule has 8 heteroatoms. The Kier molecular flexibility index (Phi) is 9.20. The monoisotopic (exact) mass is 456 g/mol. The van der Waals surface area contributed by atoms with Gasteiger partial charge in [0.15, 0.2) is 0 Å². The number of nitrogens with zero attached hydrogens (tertiary/aromatic N) is 3. The third-order valence-corrected chi connectivity index (χ3v) is 9.32. The van der Waals surface area contributed by atoms with Gasteiger partial charge < -0.3 is 10.2 Å². The number of hydrogen-bond donors (Lipinski definition) is 1. The molecule has 3 heterocycles. The van der Waals surface area contributed by atoms with Gasteiger partial charge in [-0.15, -0.1) is 0 Å². The Hall–Kier alpha value is -0.700. The Bertz CT molecular complexity index is 676. The molecule has 3 saturated heterocycles.